The molecule has 0 fully saturated rings. The van der Waals surface area contributed by atoms with E-state index in [9.17, 15) is 10.5 Å². The van der Waals surface area contributed by atoms with Crippen LogP contribution in [0.1, 0.15) is 11.4 Å². The zero-order valence-corrected chi connectivity index (χ0v) is 15.3. The Morgan fingerprint density at radius 3 is 2.69 bits per heavy atom. The predicted octanol–water partition coefficient (Wildman–Crippen LogP) is 4.81. The summed E-state index contributed by atoms with van der Waals surface area (Å²) >= 11 is 3.18. The molecule has 1 atom stereocenters. The van der Waals surface area contributed by atoms with E-state index >= 15 is 0 Å². The lowest BCUT2D eigenvalue weighted by Crippen LogP contribution is -2.42. The fraction of sp³-hybridized carbons (Fsp3) is 0.150. The van der Waals surface area contributed by atoms with Gasteiger partial charge in [-0.25, -0.2) is 4.98 Å². The molecule has 5 rings (SSSR count). The Bertz CT molecular complexity index is 1130. The van der Waals surface area contributed by atoms with Crippen LogP contribution in [-0.4, -0.2) is 11.5 Å². The van der Waals surface area contributed by atoms with Crippen LogP contribution in [0.4, 0.5) is 5.69 Å². The topological polar surface area (TPSA) is 63.7 Å². The highest BCUT2D eigenvalue weighted by atomic mass is 32.2. The maximum absolute atomic E-state index is 10.2. The number of fused-ring (bicyclic) bond motifs is 4. The summed E-state index contributed by atoms with van der Waals surface area (Å²) in [5, 5.41) is 21.7. The fourth-order valence-electron chi connectivity index (χ4n) is 3.55. The van der Waals surface area contributed by atoms with Gasteiger partial charge in [0.1, 0.15) is 10.4 Å². The van der Waals surface area contributed by atoms with Crippen molar-refractivity contribution < 1.29 is 0 Å². The highest BCUT2D eigenvalue weighted by Crippen LogP contribution is 2.53. The van der Waals surface area contributed by atoms with Gasteiger partial charge in [0.2, 0.25) is 0 Å². The van der Waals surface area contributed by atoms with E-state index in [4.69, 9.17) is 4.98 Å². The normalized spacial score (nSPS) is 21.2. The molecule has 26 heavy (non-hydrogen) atoms. The lowest BCUT2D eigenvalue weighted by Gasteiger charge is -2.36. The summed E-state index contributed by atoms with van der Waals surface area (Å²) < 4.78 is 1.07. The fourth-order valence-corrected chi connectivity index (χ4v) is 5.80. The van der Waals surface area contributed by atoms with E-state index < -0.39 is 5.41 Å². The van der Waals surface area contributed by atoms with Gasteiger partial charge in [-0.15, -0.1) is 11.3 Å². The Balaban J connectivity index is 1.68. The van der Waals surface area contributed by atoms with Crippen LogP contribution in [0, 0.1) is 22.7 Å². The van der Waals surface area contributed by atoms with Crippen LogP contribution in [0.5, 0.6) is 0 Å². The summed E-state index contributed by atoms with van der Waals surface area (Å²) in [6.45, 7) is 0.522. The molecule has 6 heteroatoms. The molecule has 2 aromatic carbocycles. The maximum Gasteiger partial charge on any atom is 0.131 e. The molecule has 1 unspecified atom stereocenters. The minimum Gasteiger partial charge on any atom is -0.332 e. The zero-order valence-electron chi connectivity index (χ0n) is 13.6. The van der Waals surface area contributed by atoms with Crippen molar-refractivity contribution in [2.75, 3.05) is 11.4 Å². The maximum atomic E-state index is 10.2. The molecule has 0 saturated carbocycles. The Kier molecular flexibility index (Phi) is 3.33. The van der Waals surface area contributed by atoms with Gasteiger partial charge >= 0.3 is 0 Å². The third-order valence-electron chi connectivity index (χ3n) is 4.82. The van der Waals surface area contributed by atoms with Crippen LogP contribution >= 0.6 is 23.1 Å². The first-order valence-corrected chi connectivity index (χ1v) is 9.82. The number of anilines is 1. The number of allylic oxidation sites excluding steroid dienone is 1. The van der Waals surface area contributed by atoms with Gasteiger partial charge in [0.15, 0.2) is 0 Å². The highest BCUT2D eigenvalue weighted by Gasteiger charge is 2.46. The van der Waals surface area contributed by atoms with Crippen LogP contribution in [0.2, 0.25) is 0 Å². The van der Waals surface area contributed by atoms with Crippen molar-refractivity contribution in [1.82, 2.24) is 4.98 Å². The predicted molar refractivity (Wildman–Crippen MR) is 104 cm³/mol. The number of aromatic nitrogens is 1. The van der Waals surface area contributed by atoms with Crippen molar-refractivity contribution in [3.05, 3.63) is 64.1 Å². The molecule has 2 aliphatic rings. The summed E-state index contributed by atoms with van der Waals surface area (Å²) in [6, 6.07) is 20.9. The molecule has 0 spiro atoms. The molecular formula is C20H12N4S2. The van der Waals surface area contributed by atoms with Crippen LogP contribution in [0.15, 0.2) is 64.0 Å². The first kappa shape index (κ1) is 15.5. The number of rotatable bonds is 1. The van der Waals surface area contributed by atoms with E-state index in [2.05, 4.69) is 29.2 Å². The van der Waals surface area contributed by atoms with Crippen molar-refractivity contribution in [1.29, 1.82) is 10.5 Å². The van der Waals surface area contributed by atoms with E-state index in [1.165, 1.54) is 0 Å². The average Bonchev–Trinajstić information content (AvgIpc) is 3.29. The quantitative estimate of drug-likeness (QED) is 0.613. The minimum absolute atomic E-state index is 0.409. The van der Waals surface area contributed by atoms with Crippen LogP contribution in [-0.2, 0) is 5.41 Å². The van der Waals surface area contributed by atoms with Crippen molar-refractivity contribution in [2.45, 2.75) is 16.7 Å². The molecule has 0 bridgehead atoms. The Labute approximate surface area is 159 Å². The molecule has 1 aromatic heterocycles. The molecule has 0 radical (unpaired) electrons. The number of thioether (sulfide) groups is 1. The number of hydrogen-bond acceptors (Lipinski definition) is 6. The van der Waals surface area contributed by atoms with Crippen molar-refractivity contribution >= 4 is 39.0 Å². The molecule has 0 amide bonds. The number of benzene rings is 2. The molecular weight excluding hydrogens is 360 g/mol. The summed E-state index contributed by atoms with van der Waals surface area (Å²) in [5.41, 5.74) is 1.83. The van der Waals surface area contributed by atoms with Gasteiger partial charge in [0, 0.05) is 17.9 Å². The lowest BCUT2D eigenvalue weighted by molar-refractivity contribution is 0.527. The second-order valence-electron chi connectivity index (χ2n) is 6.41. The van der Waals surface area contributed by atoms with Gasteiger partial charge in [-0.2, -0.15) is 10.5 Å². The first-order chi connectivity index (χ1) is 12.7. The molecule has 0 N–H and O–H groups in total. The molecule has 0 saturated heterocycles. The molecule has 3 heterocycles. The van der Waals surface area contributed by atoms with E-state index in [1.807, 2.05) is 36.4 Å². The van der Waals surface area contributed by atoms with Crippen molar-refractivity contribution in [3.63, 3.8) is 0 Å². The van der Waals surface area contributed by atoms with Gasteiger partial charge in [0.05, 0.1) is 38.6 Å². The summed E-state index contributed by atoms with van der Waals surface area (Å²) in [7, 11) is 0. The third-order valence-corrected chi connectivity index (χ3v) is 7.29. The van der Waals surface area contributed by atoms with E-state index in [1.54, 1.807) is 23.1 Å². The van der Waals surface area contributed by atoms with Gasteiger partial charge in [0.25, 0.3) is 0 Å². The zero-order chi connectivity index (χ0) is 17.7. The smallest absolute Gasteiger partial charge is 0.131 e. The van der Waals surface area contributed by atoms with Gasteiger partial charge in [-0.05, 0) is 24.3 Å². The minimum atomic E-state index is -0.809. The van der Waals surface area contributed by atoms with Gasteiger partial charge < -0.3 is 4.90 Å². The lowest BCUT2D eigenvalue weighted by atomic mass is 9.80. The van der Waals surface area contributed by atoms with Gasteiger partial charge in [-0.3, -0.25) is 0 Å². The van der Waals surface area contributed by atoms with Crippen molar-refractivity contribution in [2.24, 2.45) is 0 Å². The number of nitrogens with zero attached hydrogens (tertiary/aromatic N) is 4. The Morgan fingerprint density at radius 1 is 1.08 bits per heavy atom. The largest absolute Gasteiger partial charge is 0.332 e. The van der Waals surface area contributed by atoms with E-state index in [-0.39, 0.29) is 0 Å². The van der Waals surface area contributed by atoms with E-state index in [0.717, 1.165) is 30.8 Å². The first-order valence-electron chi connectivity index (χ1n) is 8.19. The number of thiazole rings is 1. The van der Waals surface area contributed by atoms with Crippen LogP contribution in [0.25, 0.3) is 10.2 Å². The Hall–Kier alpha value is -2.80. The summed E-state index contributed by atoms with van der Waals surface area (Å²) in [5.74, 6) is 0. The average molecular weight is 372 g/mol. The second-order valence-corrected chi connectivity index (χ2v) is 8.47. The highest BCUT2D eigenvalue weighted by molar-refractivity contribution is 8.03. The van der Waals surface area contributed by atoms with Gasteiger partial charge in [-0.1, -0.05) is 36.0 Å². The summed E-state index contributed by atoms with van der Waals surface area (Å²) in [4.78, 5) is 8.00. The SMILES string of the molecule is N#CC1=C2Sc3ccccc3N2CC(C#N)(c2nc3ccccc3s2)C1. The second kappa shape index (κ2) is 5.60. The monoisotopic (exact) mass is 372 g/mol. The number of nitriles is 2. The molecule has 4 nitrogen and oxygen atoms in total. The van der Waals surface area contributed by atoms with E-state index in [0.29, 0.717) is 18.5 Å². The number of hydrogen-bond donors (Lipinski definition) is 0. The molecule has 0 aliphatic carbocycles. The molecule has 124 valence electrons. The molecule has 2 aliphatic heterocycles. The standard InChI is InChI=1S/C20H12N4S2/c21-10-13-9-20(11-22,19-23-14-5-1-3-7-16(14)26-19)12-24-15-6-2-4-8-17(15)25-18(13)24/h1-8H,9,12H2. The number of para-hydroxylation sites is 2. The Morgan fingerprint density at radius 2 is 1.88 bits per heavy atom. The van der Waals surface area contributed by atoms with Crippen LogP contribution in [0.3, 0.4) is 0 Å². The summed E-state index contributed by atoms with van der Waals surface area (Å²) in [6.07, 6.45) is 0.409. The van der Waals surface area contributed by atoms with Crippen LogP contribution < -0.4 is 4.90 Å². The molecule has 3 aromatic rings. The van der Waals surface area contributed by atoms with Crippen molar-refractivity contribution in [3.8, 4) is 12.1 Å². The third kappa shape index (κ3) is 2.10.